The van der Waals surface area contributed by atoms with Gasteiger partial charge in [0.15, 0.2) is 0 Å². The maximum atomic E-state index is 11.2. The van der Waals surface area contributed by atoms with E-state index in [1.165, 1.54) is 12.1 Å². The van der Waals surface area contributed by atoms with Crippen LogP contribution in [0.3, 0.4) is 0 Å². The van der Waals surface area contributed by atoms with Gasteiger partial charge in [-0.25, -0.2) is 4.79 Å². The van der Waals surface area contributed by atoms with Gasteiger partial charge in [-0.15, -0.1) is 0 Å². The Morgan fingerprint density at radius 1 is 1.25 bits per heavy atom. The molecule has 20 heavy (non-hydrogen) atoms. The highest BCUT2D eigenvalue weighted by Crippen LogP contribution is 2.21. The molecule has 0 radical (unpaired) electrons. The minimum absolute atomic E-state index is 0.00155. The molecule has 0 spiro atoms. The molecule has 102 valence electrons. The van der Waals surface area contributed by atoms with Gasteiger partial charge < -0.3 is 20.2 Å². The fourth-order valence-corrected chi connectivity index (χ4v) is 1.72. The van der Waals surface area contributed by atoms with Crippen molar-refractivity contribution in [2.24, 2.45) is 5.16 Å². The number of ether oxygens (including phenoxy) is 1. The molecule has 0 unspecified atom stereocenters. The first-order valence-corrected chi connectivity index (χ1v) is 5.90. The van der Waals surface area contributed by atoms with Crippen LogP contribution in [0.25, 0.3) is 0 Å². The van der Waals surface area contributed by atoms with Crippen LogP contribution in [0.15, 0.2) is 53.7 Å². The summed E-state index contributed by atoms with van der Waals surface area (Å²) >= 11 is 0. The van der Waals surface area contributed by atoms with Crippen LogP contribution in [-0.4, -0.2) is 17.3 Å². The summed E-state index contributed by atoms with van der Waals surface area (Å²) in [6, 6.07) is 13.9. The molecule has 2 aromatic carbocycles. The van der Waals surface area contributed by atoms with E-state index in [0.29, 0.717) is 5.56 Å². The Morgan fingerprint density at radius 3 is 2.65 bits per heavy atom. The first-order valence-electron chi connectivity index (χ1n) is 5.90. The van der Waals surface area contributed by atoms with Crippen LogP contribution in [0.1, 0.15) is 21.5 Å². The van der Waals surface area contributed by atoms with Crippen LogP contribution in [0.2, 0.25) is 0 Å². The fraction of sp³-hybridized carbons (Fsp3) is 0.0667. The van der Waals surface area contributed by atoms with Crippen molar-refractivity contribution in [1.29, 1.82) is 0 Å². The van der Waals surface area contributed by atoms with Crippen LogP contribution in [-0.2, 0) is 6.61 Å². The van der Waals surface area contributed by atoms with Gasteiger partial charge in [-0.2, -0.15) is 0 Å². The number of carboxylic acids is 1. The van der Waals surface area contributed by atoms with Crippen molar-refractivity contribution >= 4 is 12.2 Å². The Kier molecular flexibility index (Phi) is 4.34. The van der Waals surface area contributed by atoms with Crippen molar-refractivity contribution in [3.05, 3.63) is 70.4 Å². The average Bonchev–Trinajstić information content (AvgIpc) is 2.47. The molecule has 0 saturated heterocycles. The summed E-state index contributed by atoms with van der Waals surface area (Å²) in [6.07, 6.45) is 1.05. The Bertz CT molecular complexity index is 623. The monoisotopic (exact) mass is 270 g/mol. The van der Waals surface area contributed by atoms with Crippen molar-refractivity contribution in [2.45, 2.75) is 6.61 Å². The highest BCUT2D eigenvalue weighted by Gasteiger charge is 2.12. The Hall–Kier alpha value is -2.82. The maximum Gasteiger partial charge on any atom is 0.339 e. The summed E-state index contributed by atoms with van der Waals surface area (Å²) in [5.74, 6) is -0.862. The summed E-state index contributed by atoms with van der Waals surface area (Å²) in [4.78, 5) is 11.2. The number of rotatable bonds is 5. The van der Waals surface area contributed by atoms with Crippen LogP contribution in [0, 0.1) is 5.21 Å². The van der Waals surface area contributed by atoms with E-state index in [1.807, 2.05) is 30.3 Å². The van der Waals surface area contributed by atoms with Gasteiger partial charge in [-0.1, -0.05) is 30.3 Å². The molecule has 0 aliphatic rings. The zero-order valence-corrected chi connectivity index (χ0v) is 10.5. The molecule has 0 heterocycles. The number of hydrogen-bond donors (Lipinski definition) is 1. The van der Waals surface area contributed by atoms with E-state index >= 15 is 0 Å². The first kappa shape index (κ1) is 13.6. The summed E-state index contributed by atoms with van der Waals surface area (Å²) < 4.78 is 5.51. The van der Waals surface area contributed by atoms with Crippen molar-refractivity contribution < 1.29 is 14.6 Å². The molecule has 5 heteroatoms. The van der Waals surface area contributed by atoms with Gasteiger partial charge in [0, 0.05) is 6.21 Å². The van der Waals surface area contributed by atoms with Gasteiger partial charge in [0.2, 0.25) is 0 Å². The molecule has 0 amide bonds. The van der Waals surface area contributed by atoms with Gasteiger partial charge in [0.1, 0.15) is 17.9 Å². The van der Waals surface area contributed by atoms with Crippen molar-refractivity contribution in [3.63, 3.8) is 0 Å². The molecule has 2 aromatic rings. The fourth-order valence-electron chi connectivity index (χ4n) is 1.72. The molecule has 1 N–H and O–H groups in total. The Balaban J connectivity index is 2.20. The van der Waals surface area contributed by atoms with Gasteiger partial charge >= 0.3 is 5.97 Å². The third-order valence-electron chi connectivity index (χ3n) is 2.67. The van der Waals surface area contributed by atoms with Crippen molar-refractivity contribution in [3.8, 4) is 5.75 Å². The molecular weight excluding hydrogens is 258 g/mol. The van der Waals surface area contributed by atoms with Crippen LogP contribution in [0.5, 0.6) is 5.75 Å². The number of nitrogens with zero attached hydrogens (tertiary/aromatic N) is 1. The van der Waals surface area contributed by atoms with Crippen LogP contribution < -0.4 is 4.74 Å². The summed E-state index contributed by atoms with van der Waals surface area (Å²) in [7, 11) is 0. The second-order valence-electron chi connectivity index (χ2n) is 4.07. The first-order chi connectivity index (χ1) is 9.70. The lowest BCUT2D eigenvalue weighted by Crippen LogP contribution is -2.04. The highest BCUT2D eigenvalue weighted by molar-refractivity contribution is 5.93. The van der Waals surface area contributed by atoms with Crippen LogP contribution >= 0.6 is 0 Å². The molecule has 0 fully saturated rings. The number of carbonyl (C=O) groups is 1. The smallest absolute Gasteiger partial charge is 0.339 e. The number of aromatic carboxylic acids is 1. The lowest BCUT2D eigenvalue weighted by Gasteiger charge is -2.10. The van der Waals surface area contributed by atoms with Gasteiger partial charge in [0.05, 0.1) is 0 Å². The minimum Gasteiger partial charge on any atom is -0.792 e. The van der Waals surface area contributed by atoms with E-state index in [0.717, 1.165) is 11.8 Å². The second kappa shape index (κ2) is 6.38. The molecule has 0 bridgehead atoms. The average molecular weight is 270 g/mol. The van der Waals surface area contributed by atoms with Gasteiger partial charge in [-0.05, 0) is 29.3 Å². The minimum atomic E-state index is -1.12. The highest BCUT2D eigenvalue weighted by atomic mass is 16.5. The largest absolute Gasteiger partial charge is 0.792 e. The molecule has 5 nitrogen and oxygen atoms in total. The lowest BCUT2D eigenvalue weighted by atomic mass is 10.1. The number of hydrogen-bond acceptors (Lipinski definition) is 4. The molecule has 0 aliphatic heterocycles. The molecule has 0 saturated carbocycles. The lowest BCUT2D eigenvalue weighted by molar-refractivity contribution is 0.0691. The maximum absolute atomic E-state index is 11.2. The third-order valence-corrected chi connectivity index (χ3v) is 2.67. The quantitative estimate of drug-likeness (QED) is 0.669. The number of benzene rings is 2. The molecule has 2 rings (SSSR count). The molecular formula is C15H12NO4-. The summed E-state index contributed by atoms with van der Waals surface area (Å²) in [6.45, 7) is 0.274. The molecule has 0 aliphatic carbocycles. The summed E-state index contributed by atoms with van der Waals surface area (Å²) in [5, 5.41) is 21.9. The van der Waals surface area contributed by atoms with E-state index < -0.39 is 5.97 Å². The summed E-state index contributed by atoms with van der Waals surface area (Å²) in [5.41, 5.74) is 1.36. The van der Waals surface area contributed by atoms with Crippen molar-refractivity contribution in [2.75, 3.05) is 0 Å². The predicted molar refractivity (Wildman–Crippen MR) is 75.1 cm³/mol. The van der Waals surface area contributed by atoms with E-state index in [1.54, 1.807) is 6.07 Å². The Morgan fingerprint density at radius 2 is 2.00 bits per heavy atom. The molecule has 0 atom stereocenters. The van der Waals surface area contributed by atoms with E-state index in [9.17, 15) is 10.0 Å². The Labute approximate surface area is 115 Å². The normalized spacial score (nSPS) is 10.6. The van der Waals surface area contributed by atoms with Gasteiger partial charge in [-0.3, -0.25) is 0 Å². The topological polar surface area (TPSA) is 82.0 Å². The van der Waals surface area contributed by atoms with Crippen LogP contribution in [0.4, 0.5) is 0 Å². The van der Waals surface area contributed by atoms with Gasteiger partial charge in [0.25, 0.3) is 0 Å². The second-order valence-corrected chi connectivity index (χ2v) is 4.07. The van der Waals surface area contributed by atoms with E-state index in [4.69, 9.17) is 9.84 Å². The zero-order chi connectivity index (χ0) is 14.4. The van der Waals surface area contributed by atoms with E-state index in [-0.39, 0.29) is 17.9 Å². The standard InChI is InChI=1S/C15H13NO4/c17-15(18)13-8-12(9-16-19)6-7-14(13)20-10-11-4-2-1-3-5-11/h1-9,19H,10H2,(H,17,18)/p-1. The number of carboxylic acid groups (broad SMARTS) is 1. The zero-order valence-electron chi connectivity index (χ0n) is 10.5. The van der Waals surface area contributed by atoms with Crippen molar-refractivity contribution in [1.82, 2.24) is 0 Å². The SMILES string of the molecule is O=C(O)c1cc(C=N[O-])ccc1OCc1ccccc1. The van der Waals surface area contributed by atoms with E-state index in [2.05, 4.69) is 5.16 Å². The predicted octanol–water partition coefficient (Wildman–Crippen LogP) is 2.88. The molecule has 0 aromatic heterocycles. The third kappa shape index (κ3) is 3.35.